The molecule has 0 amide bonds. The van der Waals surface area contributed by atoms with Gasteiger partial charge in [0.25, 0.3) is 0 Å². The van der Waals surface area contributed by atoms with E-state index in [9.17, 15) is 0 Å². The van der Waals surface area contributed by atoms with Gasteiger partial charge in [-0.1, -0.05) is 82.0 Å². The maximum Gasteiger partial charge on any atom is 0.0796 e. The van der Waals surface area contributed by atoms with Gasteiger partial charge in [0.1, 0.15) is 0 Å². The van der Waals surface area contributed by atoms with Crippen LogP contribution in [0.4, 0.5) is 0 Å². The summed E-state index contributed by atoms with van der Waals surface area (Å²) in [7, 11) is -1.32. The Kier molecular flexibility index (Phi) is 3.52. The third-order valence-corrected chi connectivity index (χ3v) is 7.51. The summed E-state index contributed by atoms with van der Waals surface area (Å²) in [6, 6.07) is 19.9. The van der Waals surface area contributed by atoms with Gasteiger partial charge in [-0.2, -0.15) is 0 Å². The van der Waals surface area contributed by atoms with Crippen LogP contribution < -0.4 is 5.19 Å². The average molecular weight is 344 g/mol. The third kappa shape index (κ3) is 2.47. The van der Waals surface area contributed by atoms with Gasteiger partial charge in [0.15, 0.2) is 0 Å². The lowest BCUT2D eigenvalue weighted by molar-refractivity contribution is 0.662. The number of nitrogens with zero attached hydrogens (tertiary/aromatic N) is 1. The molecule has 0 radical (unpaired) electrons. The molecule has 0 bridgehead atoms. The standard InChI is InChI=1S/C23H25NSi/c1-23(2)20-12-7-6-9-17(20)18-10-8-11-19(22(18)23)21-14-13-16(15-24-21)25(3,4)5/h6-15H,1-5H3. The minimum absolute atomic E-state index is 0.00164. The van der Waals surface area contributed by atoms with Gasteiger partial charge in [0.05, 0.1) is 13.8 Å². The van der Waals surface area contributed by atoms with Crippen LogP contribution in [0.25, 0.3) is 22.4 Å². The lowest BCUT2D eigenvalue weighted by Crippen LogP contribution is -2.37. The van der Waals surface area contributed by atoms with E-state index in [1.165, 1.54) is 33.0 Å². The monoisotopic (exact) mass is 343 g/mol. The Balaban J connectivity index is 1.90. The van der Waals surface area contributed by atoms with Crippen molar-refractivity contribution >= 4 is 13.3 Å². The number of benzene rings is 2. The van der Waals surface area contributed by atoms with Crippen LogP contribution in [0.3, 0.4) is 0 Å². The molecule has 0 saturated carbocycles. The van der Waals surface area contributed by atoms with Crippen molar-refractivity contribution in [3.63, 3.8) is 0 Å². The van der Waals surface area contributed by atoms with Gasteiger partial charge in [-0.15, -0.1) is 0 Å². The second-order valence-corrected chi connectivity index (χ2v) is 13.7. The van der Waals surface area contributed by atoms with Crippen LogP contribution in [0.2, 0.25) is 19.6 Å². The van der Waals surface area contributed by atoms with Crippen molar-refractivity contribution in [3.8, 4) is 22.4 Å². The number of hydrogen-bond acceptors (Lipinski definition) is 1. The van der Waals surface area contributed by atoms with E-state index in [2.05, 4.69) is 94.3 Å². The summed E-state index contributed by atoms with van der Waals surface area (Å²) >= 11 is 0. The first-order valence-corrected chi connectivity index (χ1v) is 12.5. The van der Waals surface area contributed by atoms with Gasteiger partial charge in [0.2, 0.25) is 0 Å². The molecule has 0 saturated heterocycles. The Labute approximate surface area is 151 Å². The lowest BCUT2D eigenvalue weighted by atomic mass is 9.79. The zero-order valence-electron chi connectivity index (χ0n) is 15.7. The van der Waals surface area contributed by atoms with Crippen molar-refractivity contribution in [2.75, 3.05) is 0 Å². The number of aromatic nitrogens is 1. The second-order valence-electron chi connectivity index (χ2n) is 8.58. The van der Waals surface area contributed by atoms with E-state index in [1.807, 2.05) is 0 Å². The largest absolute Gasteiger partial charge is 0.256 e. The number of rotatable bonds is 2. The molecule has 0 spiro atoms. The summed E-state index contributed by atoms with van der Waals surface area (Å²) in [4.78, 5) is 4.86. The number of pyridine rings is 1. The summed E-state index contributed by atoms with van der Waals surface area (Å²) in [5.41, 5.74) is 7.89. The average Bonchev–Trinajstić information content (AvgIpc) is 2.83. The Bertz CT molecular complexity index is 947. The minimum atomic E-state index is -1.32. The van der Waals surface area contributed by atoms with Crippen LogP contribution in [0.1, 0.15) is 25.0 Å². The molecule has 0 fully saturated rings. The molecule has 1 aliphatic carbocycles. The van der Waals surface area contributed by atoms with Crippen molar-refractivity contribution in [3.05, 3.63) is 71.9 Å². The maximum absolute atomic E-state index is 4.86. The van der Waals surface area contributed by atoms with Crippen LogP contribution in [0, 0.1) is 0 Å². The van der Waals surface area contributed by atoms with Gasteiger partial charge >= 0.3 is 0 Å². The van der Waals surface area contributed by atoms with Gasteiger partial charge in [0, 0.05) is 17.2 Å². The SMILES string of the molecule is CC1(C)c2ccccc2-c2cccc(-c3ccc([Si](C)(C)C)cn3)c21. The topological polar surface area (TPSA) is 12.9 Å². The van der Waals surface area contributed by atoms with Crippen LogP contribution in [-0.4, -0.2) is 13.1 Å². The number of hydrogen-bond donors (Lipinski definition) is 0. The fraction of sp³-hybridized carbons (Fsp3) is 0.261. The predicted octanol–water partition coefficient (Wildman–Crippen LogP) is 5.60. The lowest BCUT2D eigenvalue weighted by Gasteiger charge is -2.24. The molecule has 1 aromatic heterocycles. The molecule has 1 heterocycles. The molecule has 0 unspecified atom stereocenters. The van der Waals surface area contributed by atoms with Crippen molar-refractivity contribution in [1.82, 2.24) is 4.98 Å². The van der Waals surface area contributed by atoms with Crippen LogP contribution in [-0.2, 0) is 5.41 Å². The van der Waals surface area contributed by atoms with E-state index in [-0.39, 0.29) is 5.41 Å². The Morgan fingerprint density at radius 2 is 1.44 bits per heavy atom. The molecular weight excluding hydrogens is 318 g/mol. The minimum Gasteiger partial charge on any atom is -0.256 e. The summed E-state index contributed by atoms with van der Waals surface area (Å²) in [6.45, 7) is 11.8. The van der Waals surface area contributed by atoms with Gasteiger partial charge in [-0.3, -0.25) is 4.98 Å². The first-order chi connectivity index (χ1) is 11.8. The van der Waals surface area contributed by atoms with E-state index >= 15 is 0 Å². The Morgan fingerprint density at radius 1 is 0.760 bits per heavy atom. The molecule has 25 heavy (non-hydrogen) atoms. The van der Waals surface area contributed by atoms with E-state index in [0.29, 0.717) is 0 Å². The molecule has 2 aromatic carbocycles. The molecule has 0 aliphatic heterocycles. The highest BCUT2D eigenvalue weighted by atomic mass is 28.3. The molecule has 2 heteroatoms. The van der Waals surface area contributed by atoms with Gasteiger partial charge in [-0.05, 0) is 33.5 Å². The molecule has 1 nitrogen and oxygen atoms in total. The Hall–Kier alpha value is -2.19. The first-order valence-electron chi connectivity index (χ1n) is 9.00. The van der Waals surface area contributed by atoms with E-state index in [1.54, 1.807) is 0 Å². The predicted molar refractivity (Wildman–Crippen MR) is 110 cm³/mol. The maximum atomic E-state index is 4.86. The summed E-state index contributed by atoms with van der Waals surface area (Å²) < 4.78 is 0. The quantitative estimate of drug-likeness (QED) is 0.552. The molecule has 3 aromatic rings. The molecule has 0 N–H and O–H groups in total. The fourth-order valence-corrected chi connectivity index (χ4v) is 5.09. The van der Waals surface area contributed by atoms with Crippen LogP contribution in [0.5, 0.6) is 0 Å². The van der Waals surface area contributed by atoms with Gasteiger partial charge < -0.3 is 0 Å². The summed E-state index contributed by atoms with van der Waals surface area (Å²) in [6.07, 6.45) is 2.09. The van der Waals surface area contributed by atoms with Crippen molar-refractivity contribution in [1.29, 1.82) is 0 Å². The van der Waals surface area contributed by atoms with Crippen LogP contribution >= 0.6 is 0 Å². The molecule has 1 aliphatic rings. The molecule has 0 atom stereocenters. The molecular formula is C23H25NSi. The Morgan fingerprint density at radius 3 is 2.12 bits per heavy atom. The third-order valence-electron chi connectivity index (χ3n) is 5.49. The smallest absolute Gasteiger partial charge is 0.0796 e. The zero-order chi connectivity index (χ0) is 17.8. The molecule has 4 rings (SSSR count). The highest BCUT2D eigenvalue weighted by Gasteiger charge is 2.37. The number of fused-ring (bicyclic) bond motifs is 3. The highest BCUT2D eigenvalue weighted by Crippen LogP contribution is 2.51. The van der Waals surface area contributed by atoms with Crippen molar-refractivity contribution in [2.45, 2.75) is 38.9 Å². The van der Waals surface area contributed by atoms with Gasteiger partial charge in [-0.25, -0.2) is 0 Å². The summed E-state index contributed by atoms with van der Waals surface area (Å²) in [5.74, 6) is 0. The van der Waals surface area contributed by atoms with E-state index < -0.39 is 8.07 Å². The van der Waals surface area contributed by atoms with E-state index in [0.717, 1.165) is 5.69 Å². The fourth-order valence-electron chi connectivity index (χ4n) is 4.06. The van der Waals surface area contributed by atoms with Crippen LogP contribution in [0.15, 0.2) is 60.8 Å². The van der Waals surface area contributed by atoms with Crippen molar-refractivity contribution < 1.29 is 0 Å². The van der Waals surface area contributed by atoms with Crippen molar-refractivity contribution in [2.24, 2.45) is 0 Å². The van der Waals surface area contributed by atoms with E-state index in [4.69, 9.17) is 4.98 Å². The first kappa shape index (κ1) is 16.3. The second kappa shape index (κ2) is 5.40. The normalized spacial score (nSPS) is 14.9. The molecule has 126 valence electrons. The highest BCUT2D eigenvalue weighted by molar-refractivity contribution is 6.88. The summed E-state index contributed by atoms with van der Waals surface area (Å²) in [5, 5.41) is 1.41. The zero-order valence-corrected chi connectivity index (χ0v) is 16.7.